The molecule has 1 atom stereocenters. The highest BCUT2D eigenvalue weighted by Gasteiger charge is 2.18. The maximum Gasteiger partial charge on any atom is 0.0695 e. The van der Waals surface area contributed by atoms with E-state index in [9.17, 15) is 0 Å². The summed E-state index contributed by atoms with van der Waals surface area (Å²) in [7, 11) is 0. The molecular formula is C15H19N. The van der Waals surface area contributed by atoms with Gasteiger partial charge in [-0.05, 0) is 16.6 Å². The van der Waals surface area contributed by atoms with Crippen molar-refractivity contribution in [1.82, 2.24) is 5.32 Å². The molecule has 1 aliphatic heterocycles. The standard InChI is InChI=1S/C15H19N/c1-15(2,3)13-9-10-14(16-11-13)12-7-5-4-6-8-12/h4-11,14,16H,1-3H3. The molecule has 0 aromatic heterocycles. The molecule has 0 aliphatic carbocycles. The van der Waals surface area contributed by atoms with Crippen molar-refractivity contribution in [2.75, 3.05) is 0 Å². The van der Waals surface area contributed by atoms with Gasteiger partial charge in [-0.3, -0.25) is 0 Å². The van der Waals surface area contributed by atoms with E-state index in [1.54, 1.807) is 0 Å². The van der Waals surface area contributed by atoms with Crippen molar-refractivity contribution in [3.8, 4) is 0 Å². The molecule has 1 nitrogen and oxygen atoms in total. The van der Waals surface area contributed by atoms with Crippen LogP contribution >= 0.6 is 0 Å². The molecule has 0 amide bonds. The Bertz CT molecular complexity index is 407. The number of allylic oxidation sites excluding steroid dienone is 2. The van der Waals surface area contributed by atoms with Crippen LogP contribution in [0.5, 0.6) is 0 Å². The molecule has 1 N–H and O–H groups in total. The minimum absolute atomic E-state index is 0.213. The van der Waals surface area contributed by atoms with Crippen LogP contribution in [0.4, 0.5) is 0 Å². The van der Waals surface area contributed by atoms with Gasteiger partial charge in [0.05, 0.1) is 6.04 Å². The Balaban J connectivity index is 2.13. The number of dihydropyridines is 1. The second-order valence-electron chi connectivity index (χ2n) is 5.26. The van der Waals surface area contributed by atoms with E-state index in [-0.39, 0.29) is 5.41 Å². The first-order valence-electron chi connectivity index (χ1n) is 5.77. The summed E-state index contributed by atoms with van der Waals surface area (Å²) >= 11 is 0. The van der Waals surface area contributed by atoms with Gasteiger partial charge in [-0.15, -0.1) is 0 Å². The number of hydrogen-bond donors (Lipinski definition) is 1. The maximum atomic E-state index is 3.44. The van der Waals surface area contributed by atoms with E-state index >= 15 is 0 Å². The van der Waals surface area contributed by atoms with Crippen molar-refractivity contribution in [1.29, 1.82) is 0 Å². The minimum atomic E-state index is 0.213. The molecule has 1 heterocycles. The summed E-state index contributed by atoms with van der Waals surface area (Å²) in [6, 6.07) is 10.8. The fourth-order valence-electron chi connectivity index (χ4n) is 1.82. The minimum Gasteiger partial charge on any atom is -0.380 e. The topological polar surface area (TPSA) is 12.0 Å². The van der Waals surface area contributed by atoms with Crippen LogP contribution in [-0.4, -0.2) is 0 Å². The summed E-state index contributed by atoms with van der Waals surface area (Å²) in [5, 5.41) is 3.44. The van der Waals surface area contributed by atoms with Gasteiger partial charge in [0.2, 0.25) is 0 Å². The molecule has 0 spiro atoms. The Morgan fingerprint density at radius 2 is 1.75 bits per heavy atom. The van der Waals surface area contributed by atoms with E-state index in [0.717, 1.165) is 0 Å². The molecule has 1 unspecified atom stereocenters. The van der Waals surface area contributed by atoms with Crippen molar-refractivity contribution in [2.24, 2.45) is 5.41 Å². The predicted octanol–water partition coefficient (Wildman–Crippen LogP) is 3.82. The largest absolute Gasteiger partial charge is 0.380 e. The molecule has 1 heteroatoms. The first-order chi connectivity index (χ1) is 7.57. The predicted molar refractivity (Wildman–Crippen MR) is 69.0 cm³/mol. The molecule has 0 radical (unpaired) electrons. The highest BCUT2D eigenvalue weighted by Crippen LogP contribution is 2.29. The average Bonchev–Trinajstić information content (AvgIpc) is 2.29. The molecule has 0 saturated carbocycles. The lowest BCUT2D eigenvalue weighted by atomic mass is 9.85. The van der Waals surface area contributed by atoms with Crippen molar-refractivity contribution in [2.45, 2.75) is 26.8 Å². The zero-order valence-corrected chi connectivity index (χ0v) is 10.2. The molecule has 0 fully saturated rings. The van der Waals surface area contributed by atoms with Gasteiger partial charge in [0.15, 0.2) is 0 Å². The fourth-order valence-corrected chi connectivity index (χ4v) is 1.82. The van der Waals surface area contributed by atoms with Crippen LogP contribution in [0.1, 0.15) is 32.4 Å². The molecule has 1 aromatic carbocycles. The van der Waals surface area contributed by atoms with Crippen molar-refractivity contribution in [3.63, 3.8) is 0 Å². The van der Waals surface area contributed by atoms with E-state index in [1.807, 2.05) is 6.07 Å². The van der Waals surface area contributed by atoms with E-state index in [2.05, 4.69) is 68.7 Å². The average molecular weight is 213 g/mol. The Hall–Kier alpha value is -1.50. The van der Waals surface area contributed by atoms with Gasteiger partial charge in [0, 0.05) is 6.20 Å². The number of rotatable bonds is 1. The third-order valence-corrected chi connectivity index (χ3v) is 2.91. The molecule has 2 rings (SSSR count). The highest BCUT2D eigenvalue weighted by molar-refractivity contribution is 5.33. The van der Waals surface area contributed by atoms with Gasteiger partial charge >= 0.3 is 0 Å². The van der Waals surface area contributed by atoms with Crippen LogP contribution in [0.15, 0.2) is 54.3 Å². The summed E-state index contributed by atoms with van der Waals surface area (Å²) in [6.45, 7) is 6.69. The Morgan fingerprint density at radius 1 is 1.06 bits per heavy atom. The van der Waals surface area contributed by atoms with Crippen molar-refractivity contribution < 1.29 is 0 Å². The summed E-state index contributed by atoms with van der Waals surface area (Å²) in [4.78, 5) is 0. The van der Waals surface area contributed by atoms with Gasteiger partial charge in [-0.25, -0.2) is 0 Å². The first kappa shape index (κ1) is 11.0. The Labute approximate surface area is 97.9 Å². The molecule has 0 saturated heterocycles. The lowest BCUT2D eigenvalue weighted by Gasteiger charge is -2.26. The van der Waals surface area contributed by atoms with Crippen LogP contribution in [0.25, 0.3) is 0 Å². The van der Waals surface area contributed by atoms with Gasteiger partial charge in [-0.1, -0.05) is 63.3 Å². The maximum absolute atomic E-state index is 3.44. The Kier molecular flexibility index (Phi) is 2.86. The third-order valence-electron chi connectivity index (χ3n) is 2.91. The van der Waals surface area contributed by atoms with Gasteiger partial charge in [-0.2, -0.15) is 0 Å². The molecule has 1 aliphatic rings. The number of hydrogen-bond acceptors (Lipinski definition) is 1. The smallest absolute Gasteiger partial charge is 0.0695 e. The quantitative estimate of drug-likeness (QED) is 0.748. The van der Waals surface area contributed by atoms with Crippen LogP contribution in [-0.2, 0) is 0 Å². The van der Waals surface area contributed by atoms with Gasteiger partial charge in [0.1, 0.15) is 0 Å². The number of benzene rings is 1. The van der Waals surface area contributed by atoms with Gasteiger partial charge < -0.3 is 5.32 Å². The lowest BCUT2D eigenvalue weighted by Crippen LogP contribution is -2.21. The molecule has 84 valence electrons. The zero-order valence-electron chi connectivity index (χ0n) is 10.2. The van der Waals surface area contributed by atoms with Crippen molar-refractivity contribution in [3.05, 3.63) is 59.8 Å². The second-order valence-corrected chi connectivity index (χ2v) is 5.26. The molecule has 1 aromatic rings. The zero-order chi connectivity index (χ0) is 11.6. The van der Waals surface area contributed by atoms with Crippen LogP contribution < -0.4 is 5.32 Å². The summed E-state index contributed by atoms with van der Waals surface area (Å²) in [5.74, 6) is 0. The van der Waals surface area contributed by atoms with E-state index in [0.29, 0.717) is 6.04 Å². The van der Waals surface area contributed by atoms with Gasteiger partial charge in [0.25, 0.3) is 0 Å². The monoisotopic (exact) mass is 213 g/mol. The number of nitrogens with one attached hydrogen (secondary N) is 1. The summed E-state index contributed by atoms with van der Waals surface area (Å²) in [5.41, 5.74) is 2.87. The Morgan fingerprint density at radius 3 is 2.25 bits per heavy atom. The molecule has 0 bridgehead atoms. The summed E-state index contributed by atoms with van der Waals surface area (Å²) < 4.78 is 0. The van der Waals surface area contributed by atoms with Crippen LogP contribution in [0.3, 0.4) is 0 Å². The molecular weight excluding hydrogens is 194 g/mol. The summed E-state index contributed by atoms with van der Waals surface area (Å²) in [6.07, 6.45) is 6.60. The van der Waals surface area contributed by atoms with E-state index in [1.165, 1.54) is 11.1 Å². The van der Waals surface area contributed by atoms with E-state index < -0.39 is 0 Å². The highest BCUT2D eigenvalue weighted by atomic mass is 14.9. The third kappa shape index (κ3) is 2.35. The fraction of sp³-hybridized carbons (Fsp3) is 0.333. The normalized spacial score (nSPS) is 20.2. The van der Waals surface area contributed by atoms with Crippen molar-refractivity contribution >= 4 is 0 Å². The molecule has 16 heavy (non-hydrogen) atoms. The van der Waals surface area contributed by atoms with E-state index in [4.69, 9.17) is 0 Å². The first-order valence-corrected chi connectivity index (χ1v) is 5.77. The van der Waals surface area contributed by atoms with Crippen LogP contribution in [0.2, 0.25) is 0 Å². The SMILES string of the molecule is CC(C)(C)C1=CNC(c2ccccc2)C=C1. The second kappa shape index (κ2) is 4.17. The van der Waals surface area contributed by atoms with Crippen LogP contribution in [0, 0.1) is 5.41 Å². The lowest BCUT2D eigenvalue weighted by molar-refractivity contribution is 0.505.